The maximum Gasteiger partial charge on any atom is 0.407 e. The molecule has 2 saturated carbocycles. The zero-order valence-corrected chi connectivity index (χ0v) is 21.3. The van der Waals surface area contributed by atoms with Crippen molar-refractivity contribution >= 4 is 22.0 Å². The fourth-order valence-electron chi connectivity index (χ4n) is 6.70. The first-order valence-electron chi connectivity index (χ1n) is 12.8. The molecule has 8 heteroatoms. The topological polar surface area (TPSA) is 85.4 Å². The number of allylic oxidation sites excluding steroid dienone is 1. The number of alkyl carbamates (subject to hydrolysis) is 1. The van der Waals surface area contributed by atoms with Crippen molar-refractivity contribution in [1.82, 2.24) is 10.3 Å². The summed E-state index contributed by atoms with van der Waals surface area (Å²) in [5, 5.41) is 2.99. The van der Waals surface area contributed by atoms with E-state index in [1.165, 1.54) is 12.1 Å². The van der Waals surface area contributed by atoms with Gasteiger partial charge in [-0.2, -0.15) is 0 Å². The normalized spacial score (nSPS) is 30.9. The van der Waals surface area contributed by atoms with Crippen molar-refractivity contribution in [3.8, 4) is 11.1 Å². The van der Waals surface area contributed by atoms with Gasteiger partial charge in [0.05, 0.1) is 23.8 Å². The number of benzene rings is 1. The number of carbonyl (C=O) groups is 1. The number of hydrogen-bond donors (Lipinski definition) is 1. The fourth-order valence-corrected chi connectivity index (χ4v) is 8.95. The molecule has 1 aromatic carbocycles. The van der Waals surface area contributed by atoms with Crippen LogP contribution in [0.15, 0.2) is 48.7 Å². The predicted molar refractivity (Wildman–Crippen MR) is 137 cm³/mol. The second-order valence-electron chi connectivity index (χ2n) is 10.5. The molecule has 2 aromatic rings. The fraction of sp³-hybridized carbons (Fsp3) is 0.500. The minimum atomic E-state index is -3.04. The van der Waals surface area contributed by atoms with Crippen molar-refractivity contribution in [2.45, 2.75) is 38.6 Å². The number of nitrogens with zero attached hydrogens (tertiary/aromatic N) is 1. The number of amides is 1. The predicted octanol–water partition coefficient (Wildman–Crippen LogP) is 5.11. The van der Waals surface area contributed by atoms with Gasteiger partial charge in [-0.15, -0.1) is 0 Å². The molecule has 0 radical (unpaired) electrons. The minimum absolute atomic E-state index is 0.0709. The molecule has 1 aromatic heterocycles. The lowest BCUT2D eigenvalue weighted by Gasteiger charge is -2.48. The van der Waals surface area contributed by atoms with E-state index in [2.05, 4.69) is 16.4 Å². The Kier molecular flexibility index (Phi) is 7.15. The molecule has 2 heterocycles. The van der Waals surface area contributed by atoms with Crippen molar-refractivity contribution in [3.05, 3.63) is 60.2 Å². The molecule has 6 atom stereocenters. The van der Waals surface area contributed by atoms with Crippen LogP contribution in [0.3, 0.4) is 0 Å². The van der Waals surface area contributed by atoms with Gasteiger partial charge in [-0.3, -0.25) is 4.98 Å². The lowest BCUT2D eigenvalue weighted by atomic mass is 9.58. The van der Waals surface area contributed by atoms with E-state index < -0.39 is 9.84 Å². The summed E-state index contributed by atoms with van der Waals surface area (Å²) < 4.78 is 43.8. The Morgan fingerprint density at radius 1 is 1.11 bits per heavy atom. The van der Waals surface area contributed by atoms with Gasteiger partial charge in [0.25, 0.3) is 0 Å². The smallest absolute Gasteiger partial charge is 0.407 e. The van der Waals surface area contributed by atoms with Crippen LogP contribution in [-0.4, -0.2) is 43.6 Å². The minimum Gasteiger partial charge on any atom is -0.450 e. The molecular formula is C28H33FN2O4S. The Hall–Kier alpha value is -2.74. The third kappa shape index (κ3) is 5.48. The second kappa shape index (κ2) is 10.3. The van der Waals surface area contributed by atoms with Crippen molar-refractivity contribution in [1.29, 1.82) is 0 Å². The van der Waals surface area contributed by atoms with E-state index in [0.717, 1.165) is 42.5 Å². The number of aromatic nitrogens is 1. The Bertz CT molecular complexity index is 1230. The Labute approximate surface area is 212 Å². The highest BCUT2D eigenvalue weighted by Gasteiger charge is 2.51. The number of sulfone groups is 1. The molecule has 6 nitrogen and oxygen atoms in total. The monoisotopic (exact) mass is 512 g/mol. The van der Waals surface area contributed by atoms with Gasteiger partial charge in [0, 0.05) is 17.8 Å². The summed E-state index contributed by atoms with van der Waals surface area (Å²) >= 11 is 0. The van der Waals surface area contributed by atoms with Crippen molar-refractivity contribution in [2.24, 2.45) is 29.6 Å². The summed E-state index contributed by atoms with van der Waals surface area (Å²) in [4.78, 5) is 16.5. The molecule has 1 saturated heterocycles. The van der Waals surface area contributed by atoms with Gasteiger partial charge < -0.3 is 10.1 Å². The molecule has 36 heavy (non-hydrogen) atoms. The van der Waals surface area contributed by atoms with Crippen LogP contribution in [0.1, 0.15) is 38.3 Å². The number of pyridine rings is 1. The molecule has 3 fully saturated rings. The van der Waals surface area contributed by atoms with Gasteiger partial charge in [0.15, 0.2) is 9.84 Å². The summed E-state index contributed by atoms with van der Waals surface area (Å²) in [7, 11) is -3.04. The molecule has 0 spiro atoms. The maximum atomic E-state index is 13.6. The van der Waals surface area contributed by atoms with Gasteiger partial charge >= 0.3 is 6.09 Å². The molecule has 1 N–H and O–H groups in total. The lowest BCUT2D eigenvalue weighted by molar-refractivity contribution is 0.0455. The Balaban J connectivity index is 1.33. The van der Waals surface area contributed by atoms with Gasteiger partial charge in [-0.1, -0.05) is 24.3 Å². The van der Waals surface area contributed by atoms with Crippen molar-refractivity contribution in [2.75, 3.05) is 18.1 Å². The number of nitrogens with one attached hydrogen (secondary N) is 1. The zero-order chi connectivity index (χ0) is 25.3. The van der Waals surface area contributed by atoms with E-state index in [9.17, 15) is 17.6 Å². The van der Waals surface area contributed by atoms with Crippen LogP contribution in [0.2, 0.25) is 0 Å². The highest BCUT2D eigenvalue weighted by Crippen LogP contribution is 2.52. The first kappa shape index (κ1) is 24.9. The lowest BCUT2D eigenvalue weighted by Crippen LogP contribution is -2.47. The van der Waals surface area contributed by atoms with E-state index in [1.807, 2.05) is 24.3 Å². The maximum absolute atomic E-state index is 13.6. The summed E-state index contributed by atoms with van der Waals surface area (Å²) in [5.74, 6) is 1.47. The highest BCUT2D eigenvalue weighted by molar-refractivity contribution is 7.91. The first-order chi connectivity index (χ1) is 17.3. The van der Waals surface area contributed by atoms with Gasteiger partial charge in [-0.25, -0.2) is 17.6 Å². The molecule has 1 aliphatic heterocycles. The van der Waals surface area contributed by atoms with Crippen molar-refractivity contribution < 1.29 is 22.3 Å². The summed E-state index contributed by atoms with van der Waals surface area (Å²) in [5.41, 5.74) is 2.42. The van der Waals surface area contributed by atoms with Gasteiger partial charge in [0.1, 0.15) is 5.82 Å². The summed E-state index contributed by atoms with van der Waals surface area (Å²) in [6.07, 6.45) is 9.14. The zero-order valence-electron chi connectivity index (χ0n) is 20.5. The SMILES string of the molecule is CCOC(=O)N[C@@H]1CC[C@@H]2[C@@H](C1)C[C@@H]1CS(=O)(=O)C[C@@H]1[C@H]2/C=C/c1ccc(-c2cccc(F)c2)cn1. The van der Waals surface area contributed by atoms with E-state index in [4.69, 9.17) is 4.74 Å². The van der Waals surface area contributed by atoms with Crippen LogP contribution in [-0.2, 0) is 14.6 Å². The summed E-state index contributed by atoms with van der Waals surface area (Å²) in [6, 6.07) is 10.4. The Morgan fingerprint density at radius 3 is 2.72 bits per heavy atom. The quantitative estimate of drug-likeness (QED) is 0.602. The molecule has 192 valence electrons. The van der Waals surface area contributed by atoms with Gasteiger partial charge in [0.2, 0.25) is 0 Å². The average Bonchev–Trinajstić information content (AvgIpc) is 3.15. The van der Waals surface area contributed by atoms with E-state index in [-0.39, 0.29) is 47.2 Å². The number of ether oxygens (including phenoxy) is 1. The highest BCUT2D eigenvalue weighted by atomic mass is 32.2. The van der Waals surface area contributed by atoms with Crippen LogP contribution in [0.25, 0.3) is 17.2 Å². The van der Waals surface area contributed by atoms with E-state index in [0.29, 0.717) is 18.4 Å². The number of hydrogen-bond acceptors (Lipinski definition) is 5. The third-order valence-electron chi connectivity index (χ3n) is 8.19. The number of halogens is 1. The molecule has 0 unspecified atom stereocenters. The van der Waals surface area contributed by atoms with Crippen molar-refractivity contribution in [3.63, 3.8) is 0 Å². The molecular weight excluding hydrogens is 479 g/mol. The third-order valence-corrected chi connectivity index (χ3v) is 10.0. The first-order valence-corrected chi connectivity index (χ1v) is 14.7. The average molecular weight is 513 g/mol. The standard InChI is InChI=1S/C28H33FN2O4S/c1-2-35-28(32)31-24-9-10-25-20(14-24)12-21-16-36(33,34)17-27(21)26(25)11-8-23-7-6-19(15-30-23)18-4-3-5-22(29)13-18/h3-8,11,13,15,20-21,24-27H,2,9-10,12,14,16-17H2,1H3,(H,31,32)/b11-8+/t20-,21-,24-,25-,26+,27+/m1/s1. The molecule has 2 aliphatic carbocycles. The van der Waals surface area contributed by atoms with Crippen LogP contribution in [0.5, 0.6) is 0 Å². The van der Waals surface area contributed by atoms with Crippen LogP contribution < -0.4 is 5.32 Å². The number of rotatable bonds is 5. The van der Waals surface area contributed by atoms with Crippen LogP contribution in [0.4, 0.5) is 9.18 Å². The molecule has 0 bridgehead atoms. The largest absolute Gasteiger partial charge is 0.450 e. The second-order valence-corrected chi connectivity index (χ2v) is 12.6. The van der Waals surface area contributed by atoms with Crippen LogP contribution in [0, 0.1) is 35.4 Å². The van der Waals surface area contributed by atoms with E-state index in [1.54, 1.807) is 19.2 Å². The number of carbonyl (C=O) groups excluding carboxylic acids is 1. The van der Waals surface area contributed by atoms with E-state index >= 15 is 0 Å². The number of fused-ring (bicyclic) bond motifs is 2. The molecule has 5 rings (SSSR count). The Morgan fingerprint density at radius 2 is 1.97 bits per heavy atom. The summed E-state index contributed by atoms with van der Waals surface area (Å²) in [6.45, 7) is 2.13. The van der Waals surface area contributed by atoms with Crippen LogP contribution >= 0.6 is 0 Å². The molecule has 1 amide bonds. The molecule has 3 aliphatic rings. The van der Waals surface area contributed by atoms with Gasteiger partial charge in [-0.05, 0) is 92.0 Å².